The molecule has 9 heteroatoms. The third kappa shape index (κ3) is 8.02. The molecule has 216 valence electrons. The molecule has 0 spiro atoms. The molecule has 0 saturated carbocycles. The molecule has 0 radical (unpaired) electrons. The van der Waals surface area contributed by atoms with Crippen LogP contribution in [0.4, 0.5) is 10.6 Å². The maximum absolute atomic E-state index is 12.3. The van der Waals surface area contributed by atoms with Crippen molar-refractivity contribution in [3.05, 3.63) is 53.6 Å². The van der Waals surface area contributed by atoms with Gasteiger partial charge in [0.15, 0.2) is 5.82 Å². The maximum atomic E-state index is 12.3. The van der Waals surface area contributed by atoms with Crippen LogP contribution in [0.2, 0.25) is 0 Å². The van der Waals surface area contributed by atoms with Gasteiger partial charge in [-0.15, -0.1) is 0 Å². The fourth-order valence-corrected chi connectivity index (χ4v) is 5.34. The van der Waals surface area contributed by atoms with Crippen molar-refractivity contribution < 1.29 is 13.6 Å². The summed E-state index contributed by atoms with van der Waals surface area (Å²) in [5.41, 5.74) is 3.52. The summed E-state index contributed by atoms with van der Waals surface area (Å²) in [6, 6.07) is 13.9. The number of likely N-dealkylation sites (tertiary alicyclic amines) is 1. The van der Waals surface area contributed by atoms with Gasteiger partial charge in [0.25, 0.3) is 0 Å². The first-order valence-corrected chi connectivity index (χ1v) is 15.4. The number of benzene rings is 2. The third-order valence-electron chi connectivity index (χ3n) is 7.44. The Kier molecular flexibility index (Phi) is 12.4. The molecule has 3 aromatic rings. The predicted octanol–water partition coefficient (Wildman–Crippen LogP) is 6.71. The average Bonchev–Trinajstić information content (AvgIpc) is 3.32. The number of piperidine rings is 1. The molecule has 0 bridgehead atoms. The van der Waals surface area contributed by atoms with E-state index < -0.39 is 6.03 Å². The van der Waals surface area contributed by atoms with Crippen LogP contribution in [0.25, 0.3) is 10.9 Å². The van der Waals surface area contributed by atoms with Crippen molar-refractivity contribution in [2.45, 2.75) is 77.0 Å². The van der Waals surface area contributed by atoms with Crippen molar-refractivity contribution in [3.8, 4) is 0 Å². The first kappa shape index (κ1) is 31.5. The standard InChI is InChI=1S/C25H27N5O3S.C4H10.C2H6/c1-28-22-16-19(5-6-21(22)24(27-28)30-14-10-23(31)26-25(30)32)18-8-12-29(13-9-18)11-7-17-3-2-4-20(15-17)34-33;1-3-4-2;1-2/h2-6,15-16,18H,7-14H2,1H3;3-4H2,1-2H3;1-2H3/p+1. The molecule has 8 nitrogen and oxygen atoms in total. The van der Waals surface area contributed by atoms with Gasteiger partial charge in [-0.2, -0.15) is 5.10 Å². The van der Waals surface area contributed by atoms with Crippen LogP contribution in [-0.2, 0) is 22.3 Å². The number of amides is 3. The molecular weight excluding hydrogens is 522 g/mol. The minimum Gasteiger partial charge on any atom is 0.0704 e. The van der Waals surface area contributed by atoms with Crippen LogP contribution in [0.5, 0.6) is 0 Å². The number of fused-ring (bicyclic) bond motifs is 1. The van der Waals surface area contributed by atoms with Crippen LogP contribution in [0.3, 0.4) is 0 Å². The SMILES string of the molecule is CC.CCCC.Cn1nc(N2CCC(=O)NC2=O)c2ccc(C3CCN(CCc4cccc(S#[O+])c4)CC3)cc21. The molecule has 0 aliphatic carbocycles. The van der Waals surface area contributed by atoms with E-state index in [2.05, 4.69) is 53.4 Å². The topological polar surface area (TPSA) is 90.4 Å². The number of aromatic nitrogens is 2. The van der Waals surface area contributed by atoms with Gasteiger partial charge < -0.3 is 0 Å². The number of hydrogen-bond donors (Lipinski definition) is 1. The summed E-state index contributed by atoms with van der Waals surface area (Å²) < 4.78 is 12.9. The second-order valence-electron chi connectivity index (χ2n) is 10.1. The molecule has 1 aromatic heterocycles. The molecule has 5 rings (SSSR count). The average molecular weight is 567 g/mol. The summed E-state index contributed by atoms with van der Waals surface area (Å²) in [7, 11) is 1.89. The summed E-state index contributed by atoms with van der Waals surface area (Å²) in [6.07, 6.45) is 6.08. The van der Waals surface area contributed by atoms with E-state index in [4.69, 9.17) is 0 Å². The monoisotopic (exact) mass is 566 g/mol. The number of urea groups is 1. The molecule has 40 heavy (non-hydrogen) atoms. The van der Waals surface area contributed by atoms with Gasteiger partial charge in [0.1, 0.15) is 0 Å². The minimum absolute atomic E-state index is 0.245. The molecular formula is C31H44N5O3S+. The first-order valence-electron chi connectivity index (χ1n) is 14.6. The molecule has 0 unspecified atom stereocenters. The number of carbonyl (C=O) groups excluding carboxylic acids is 2. The molecule has 0 atom stereocenters. The number of anilines is 1. The summed E-state index contributed by atoms with van der Waals surface area (Å²) in [6.45, 7) is 11.8. The van der Waals surface area contributed by atoms with Crippen molar-refractivity contribution in [2.24, 2.45) is 7.05 Å². The van der Waals surface area contributed by atoms with E-state index in [-0.39, 0.29) is 12.3 Å². The molecule has 2 aromatic carbocycles. The van der Waals surface area contributed by atoms with Crippen LogP contribution < -0.4 is 10.2 Å². The first-order chi connectivity index (χ1) is 19.4. The van der Waals surface area contributed by atoms with Gasteiger partial charge in [-0.25, -0.2) is 4.79 Å². The summed E-state index contributed by atoms with van der Waals surface area (Å²) >= 11 is 0.548. The Balaban J connectivity index is 0.000000677. The zero-order valence-electron chi connectivity index (χ0n) is 24.6. The summed E-state index contributed by atoms with van der Waals surface area (Å²) in [5.74, 6) is 0.850. The fraction of sp³-hybridized carbons (Fsp3) is 0.516. The van der Waals surface area contributed by atoms with E-state index in [1.165, 1.54) is 24.0 Å². The van der Waals surface area contributed by atoms with Crippen LogP contribution in [0, 0.1) is 0 Å². The molecule has 2 saturated heterocycles. The number of carbonyl (C=O) groups is 2. The Bertz CT molecular complexity index is 1320. The quantitative estimate of drug-likeness (QED) is 0.336. The van der Waals surface area contributed by atoms with Crippen molar-refractivity contribution in [2.75, 3.05) is 31.1 Å². The van der Waals surface area contributed by atoms with Gasteiger partial charge in [-0.1, -0.05) is 40.5 Å². The fourth-order valence-electron chi connectivity index (χ4n) is 5.00. The zero-order chi connectivity index (χ0) is 29.1. The number of aryl methyl sites for hydroxylation is 1. The van der Waals surface area contributed by atoms with Gasteiger partial charge in [0.2, 0.25) is 5.91 Å². The zero-order valence-corrected chi connectivity index (χ0v) is 25.4. The second kappa shape index (κ2) is 15.7. The molecule has 2 aliphatic rings. The van der Waals surface area contributed by atoms with E-state index in [1.54, 1.807) is 4.90 Å². The Morgan fingerprint density at radius 2 is 1.75 bits per heavy atom. The number of nitrogens with zero attached hydrogens (tertiary/aromatic N) is 4. The number of unbranched alkanes of at least 4 members (excludes halogenated alkanes) is 1. The summed E-state index contributed by atoms with van der Waals surface area (Å²) in [4.78, 5) is 28.6. The third-order valence-corrected chi connectivity index (χ3v) is 7.88. The Morgan fingerprint density at radius 3 is 2.40 bits per heavy atom. The summed E-state index contributed by atoms with van der Waals surface area (Å²) in [5, 5.41) is 7.89. The van der Waals surface area contributed by atoms with Gasteiger partial charge in [0.05, 0.1) is 5.52 Å². The normalized spacial score (nSPS) is 16.1. The number of hydrogen-bond acceptors (Lipinski definition) is 4. The second-order valence-corrected chi connectivity index (χ2v) is 10.7. The van der Waals surface area contributed by atoms with Crippen molar-refractivity contribution in [1.29, 1.82) is 0 Å². The van der Waals surface area contributed by atoms with Gasteiger partial charge in [0, 0.05) is 25.4 Å². The molecule has 1 N–H and O–H groups in total. The molecule has 2 aliphatic heterocycles. The smallest absolute Gasteiger partial charge is 0.0704 e. The van der Waals surface area contributed by atoms with Crippen molar-refractivity contribution in [1.82, 2.24) is 20.0 Å². The van der Waals surface area contributed by atoms with E-state index in [9.17, 15) is 13.6 Å². The van der Waals surface area contributed by atoms with Crippen LogP contribution in [0.1, 0.15) is 76.8 Å². The Labute approximate surface area is 242 Å². The molecule has 3 amide bonds. The van der Waals surface area contributed by atoms with E-state index in [1.807, 2.05) is 43.8 Å². The Hall–Kier alpha value is -3.01. The number of rotatable bonds is 6. The Morgan fingerprint density at radius 1 is 1.02 bits per heavy atom. The van der Waals surface area contributed by atoms with Crippen LogP contribution in [-0.4, -0.2) is 52.8 Å². The molecule has 3 heterocycles. The minimum atomic E-state index is -0.411. The van der Waals surface area contributed by atoms with Gasteiger partial charge >= 0.3 is 124 Å². The number of imide groups is 1. The predicted molar refractivity (Wildman–Crippen MR) is 163 cm³/mol. The number of nitrogens with one attached hydrogen (secondary N) is 1. The van der Waals surface area contributed by atoms with Gasteiger partial charge in [-0.3, -0.25) is 19.7 Å². The van der Waals surface area contributed by atoms with E-state index >= 15 is 0 Å². The van der Waals surface area contributed by atoms with Crippen molar-refractivity contribution in [3.63, 3.8) is 0 Å². The van der Waals surface area contributed by atoms with Crippen LogP contribution >= 0.6 is 11.5 Å². The van der Waals surface area contributed by atoms with Gasteiger partial charge in [-0.05, 0) is 6.07 Å². The van der Waals surface area contributed by atoms with E-state index in [0.717, 1.165) is 54.7 Å². The van der Waals surface area contributed by atoms with Crippen LogP contribution in [0.15, 0.2) is 47.4 Å². The molecule has 2 fully saturated rings. The van der Waals surface area contributed by atoms with Crippen molar-refractivity contribution >= 4 is 40.2 Å². The van der Waals surface area contributed by atoms with E-state index in [0.29, 0.717) is 29.8 Å².